The second-order valence-corrected chi connectivity index (χ2v) is 5.14. The molecule has 0 heterocycles. The Morgan fingerprint density at radius 2 is 1.47 bits per heavy atom. The Balaban J connectivity index is 1.74. The van der Waals surface area contributed by atoms with Crippen molar-refractivity contribution in [3.8, 4) is 0 Å². The summed E-state index contributed by atoms with van der Waals surface area (Å²) in [6, 6.07) is 0. The molecule has 0 atom stereocenters. The molecule has 0 nitrogen and oxygen atoms in total. The highest BCUT2D eigenvalue weighted by molar-refractivity contribution is 4.67. The van der Waals surface area contributed by atoms with E-state index in [2.05, 4.69) is 6.58 Å². The summed E-state index contributed by atoms with van der Waals surface area (Å²) in [7, 11) is 0. The molecule has 88 valence electrons. The Bertz CT molecular complexity index is 142. The van der Waals surface area contributed by atoms with E-state index < -0.39 is 0 Å². The molecule has 1 aliphatic rings. The zero-order chi connectivity index (χ0) is 10.8. The van der Waals surface area contributed by atoms with Crippen molar-refractivity contribution >= 4 is 0 Å². The van der Waals surface area contributed by atoms with Crippen LogP contribution < -0.4 is 0 Å². The van der Waals surface area contributed by atoms with E-state index >= 15 is 0 Å². The third-order valence-electron chi connectivity index (χ3n) is 3.75. The second-order valence-electron chi connectivity index (χ2n) is 5.14. The Labute approximate surface area is 96.2 Å². The van der Waals surface area contributed by atoms with Crippen LogP contribution >= 0.6 is 0 Å². The van der Waals surface area contributed by atoms with Crippen LogP contribution in [0.1, 0.15) is 77.0 Å². The van der Waals surface area contributed by atoms with Gasteiger partial charge in [-0.15, -0.1) is 6.58 Å². The number of rotatable bonds is 9. The first kappa shape index (κ1) is 12.8. The van der Waals surface area contributed by atoms with E-state index in [0.717, 1.165) is 5.92 Å². The summed E-state index contributed by atoms with van der Waals surface area (Å²) < 4.78 is 0. The molecule has 0 N–H and O–H groups in total. The van der Waals surface area contributed by atoms with Crippen molar-refractivity contribution in [1.82, 2.24) is 0 Å². The summed E-state index contributed by atoms with van der Waals surface area (Å²) in [5.41, 5.74) is 0. The van der Waals surface area contributed by atoms with Gasteiger partial charge >= 0.3 is 0 Å². The highest BCUT2D eigenvalue weighted by Crippen LogP contribution is 2.29. The highest BCUT2D eigenvalue weighted by atomic mass is 14.2. The monoisotopic (exact) mass is 208 g/mol. The van der Waals surface area contributed by atoms with Crippen LogP contribution in [0.15, 0.2) is 12.7 Å². The summed E-state index contributed by atoms with van der Waals surface area (Å²) in [6.07, 6.45) is 19.5. The maximum absolute atomic E-state index is 3.75. The van der Waals surface area contributed by atoms with E-state index in [1.165, 1.54) is 77.0 Å². The fourth-order valence-corrected chi connectivity index (χ4v) is 2.73. The van der Waals surface area contributed by atoms with Crippen LogP contribution in [0.25, 0.3) is 0 Å². The van der Waals surface area contributed by atoms with Gasteiger partial charge in [-0.25, -0.2) is 0 Å². The lowest BCUT2D eigenvalue weighted by atomic mass is 9.99. The van der Waals surface area contributed by atoms with Gasteiger partial charge in [0.05, 0.1) is 0 Å². The largest absolute Gasteiger partial charge is 0.103 e. The first-order valence-electron chi connectivity index (χ1n) is 7.04. The van der Waals surface area contributed by atoms with E-state index in [-0.39, 0.29) is 0 Å². The number of unbranched alkanes of at least 4 members (excludes halogenated alkanes) is 6. The maximum Gasteiger partial charge on any atom is -0.0353 e. The Morgan fingerprint density at radius 1 is 0.867 bits per heavy atom. The zero-order valence-corrected chi connectivity index (χ0v) is 10.3. The summed E-state index contributed by atoms with van der Waals surface area (Å²) in [5, 5.41) is 0. The predicted molar refractivity (Wildman–Crippen MR) is 69.1 cm³/mol. The molecule has 0 aliphatic heterocycles. The van der Waals surface area contributed by atoms with Crippen LogP contribution in [0.2, 0.25) is 0 Å². The third-order valence-corrected chi connectivity index (χ3v) is 3.75. The minimum absolute atomic E-state index is 1.10. The average molecular weight is 208 g/mol. The minimum atomic E-state index is 1.10. The first-order valence-corrected chi connectivity index (χ1v) is 7.04. The summed E-state index contributed by atoms with van der Waals surface area (Å²) in [6.45, 7) is 3.75. The van der Waals surface area contributed by atoms with Crippen molar-refractivity contribution < 1.29 is 0 Å². The van der Waals surface area contributed by atoms with Crippen LogP contribution in [0.4, 0.5) is 0 Å². The lowest BCUT2D eigenvalue weighted by molar-refractivity contribution is 0.461. The molecule has 0 unspecified atom stereocenters. The number of hydrogen-bond acceptors (Lipinski definition) is 0. The lowest BCUT2D eigenvalue weighted by Gasteiger charge is -2.07. The van der Waals surface area contributed by atoms with Crippen molar-refractivity contribution in [2.45, 2.75) is 77.0 Å². The van der Waals surface area contributed by atoms with Gasteiger partial charge in [-0.3, -0.25) is 0 Å². The average Bonchev–Trinajstić information content (AvgIpc) is 2.75. The molecule has 0 spiro atoms. The van der Waals surface area contributed by atoms with Crippen LogP contribution in [0.3, 0.4) is 0 Å². The Kier molecular flexibility index (Phi) is 7.69. The fraction of sp³-hybridized carbons (Fsp3) is 0.867. The lowest BCUT2D eigenvalue weighted by Crippen LogP contribution is -1.92. The summed E-state index contributed by atoms with van der Waals surface area (Å²) in [4.78, 5) is 0. The SMILES string of the molecule is C=CCCCCCCCCC1CCCC1. The van der Waals surface area contributed by atoms with Gasteiger partial charge < -0.3 is 0 Å². The molecule has 0 aromatic rings. The molecule has 0 aromatic carbocycles. The topological polar surface area (TPSA) is 0 Å². The molecule has 0 bridgehead atoms. The van der Waals surface area contributed by atoms with Gasteiger partial charge in [-0.2, -0.15) is 0 Å². The summed E-state index contributed by atoms with van der Waals surface area (Å²) in [5.74, 6) is 1.10. The van der Waals surface area contributed by atoms with Gasteiger partial charge in [-0.1, -0.05) is 70.3 Å². The van der Waals surface area contributed by atoms with Gasteiger partial charge in [0.2, 0.25) is 0 Å². The summed E-state index contributed by atoms with van der Waals surface area (Å²) >= 11 is 0. The highest BCUT2D eigenvalue weighted by Gasteiger charge is 2.13. The van der Waals surface area contributed by atoms with Crippen molar-refractivity contribution in [3.05, 3.63) is 12.7 Å². The molecule has 1 aliphatic carbocycles. The van der Waals surface area contributed by atoms with Crippen molar-refractivity contribution in [2.24, 2.45) is 5.92 Å². The number of hydrogen-bond donors (Lipinski definition) is 0. The normalized spacial score (nSPS) is 17.1. The zero-order valence-electron chi connectivity index (χ0n) is 10.3. The quantitative estimate of drug-likeness (QED) is 0.347. The Hall–Kier alpha value is -0.260. The number of allylic oxidation sites excluding steroid dienone is 1. The van der Waals surface area contributed by atoms with Gasteiger partial charge in [0.25, 0.3) is 0 Å². The second kappa shape index (κ2) is 9.00. The molecular weight excluding hydrogens is 180 g/mol. The maximum atomic E-state index is 3.75. The molecule has 1 saturated carbocycles. The van der Waals surface area contributed by atoms with Crippen molar-refractivity contribution in [2.75, 3.05) is 0 Å². The van der Waals surface area contributed by atoms with Crippen LogP contribution in [0.5, 0.6) is 0 Å². The van der Waals surface area contributed by atoms with Gasteiger partial charge in [-0.05, 0) is 18.8 Å². The van der Waals surface area contributed by atoms with Crippen LogP contribution in [0, 0.1) is 5.92 Å². The van der Waals surface area contributed by atoms with Crippen LogP contribution in [-0.4, -0.2) is 0 Å². The fourth-order valence-electron chi connectivity index (χ4n) is 2.73. The molecule has 0 amide bonds. The van der Waals surface area contributed by atoms with E-state index in [4.69, 9.17) is 0 Å². The molecule has 0 aromatic heterocycles. The van der Waals surface area contributed by atoms with Crippen molar-refractivity contribution in [1.29, 1.82) is 0 Å². The molecule has 1 fully saturated rings. The minimum Gasteiger partial charge on any atom is -0.103 e. The van der Waals surface area contributed by atoms with E-state index in [1.54, 1.807) is 0 Å². The van der Waals surface area contributed by atoms with E-state index in [0.29, 0.717) is 0 Å². The first-order chi connectivity index (χ1) is 7.43. The van der Waals surface area contributed by atoms with Gasteiger partial charge in [0.15, 0.2) is 0 Å². The van der Waals surface area contributed by atoms with Crippen molar-refractivity contribution in [3.63, 3.8) is 0 Å². The smallest absolute Gasteiger partial charge is 0.0353 e. The molecule has 15 heavy (non-hydrogen) atoms. The molecule has 1 rings (SSSR count). The van der Waals surface area contributed by atoms with Crippen LogP contribution in [-0.2, 0) is 0 Å². The van der Waals surface area contributed by atoms with E-state index in [1.807, 2.05) is 6.08 Å². The van der Waals surface area contributed by atoms with E-state index in [9.17, 15) is 0 Å². The van der Waals surface area contributed by atoms with Gasteiger partial charge in [0.1, 0.15) is 0 Å². The molecule has 0 heteroatoms. The Morgan fingerprint density at radius 3 is 2.13 bits per heavy atom. The molecule has 0 radical (unpaired) electrons. The molecular formula is C15H28. The van der Waals surface area contributed by atoms with Gasteiger partial charge in [0, 0.05) is 0 Å². The molecule has 0 saturated heterocycles. The predicted octanol–water partition coefficient (Wildman–Crippen LogP) is 5.48. The third kappa shape index (κ3) is 6.76. The standard InChI is InChI=1S/C15H28/c1-2-3-4-5-6-7-8-9-12-15-13-10-11-14-15/h2,15H,1,3-14H2.